The molecule has 2 unspecified atom stereocenters. The van der Waals surface area contributed by atoms with Gasteiger partial charge in [0.2, 0.25) is 5.91 Å². The van der Waals surface area contributed by atoms with Crippen LogP contribution in [0.5, 0.6) is 0 Å². The molecule has 0 aromatic rings. The van der Waals surface area contributed by atoms with Crippen molar-refractivity contribution >= 4 is 11.9 Å². The molecular formula is C65H129NO5. The van der Waals surface area contributed by atoms with Gasteiger partial charge in [-0.1, -0.05) is 341 Å². The van der Waals surface area contributed by atoms with Crippen LogP contribution in [0.15, 0.2) is 0 Å². The number of carbonyl (C=O) groups excluding carboxylic acids is 2. The van der Waals surface area contributed by atoms with Crippen molar-refractivity contribution in [1.82, 2.24) is 5.32 Å². The Morgan fingerprint density at radius 1 is 0.338 bits per heavy atom. The SMILES string of the molecule is CCCCCCCCCCCCCCCCCCCCCC(O)C(CO)NC(=O)CCCCCCCCCCCCCCCCCCCCCCCCCCOC(=O)CCCCCCCCCCCCC. The molecule has 6 nitrogen and oxygen atoms in total. The molecule has 71 heavy (non-hydrogen) atoms. The molecule has 1 amide bonds. The first-order chi connectivity index (χ1) is 35.0. The van der Waals surface area contributed by atoms with Crippen molar-refractivity contribution < 1.29 is 24.5 Å². The zero-order valence-electron chi connectivity index (χ0n) is 48.5. The van der Waals surface area contributed by atoms with Crippen molar-refractivity contribution in [2.45, 2.75) is 392 Å². The smallest absolute Gasteiger partial charge is 0.305 e. The number of unbranched alkanes of at least 4 members (excludes halogenated alkanes) is 51. The summed E-state index contributed by atoms with van der Waals surface area (Å²) in [6.45, 7) is 4.99. The largest absolute Gasteiger partial charge is 0.466 e. The van der Waals surface area contributed by atoms with Crippen molar-refractivity contribution in [3.8, 4) is 0 Å². The van der Waals surface area contributed by atoms with Crippen molar-refractivity contribution in [3.05, 3.63) is 0 Å². The number of rotatable bonds is 62. The lowest BCUT2D eigenvalue weighted by molar-refractivity contribution is -0.143. The first kappa shape index (κ1) is 69.9. The second-order valence-electron chi connectivity index (χ2n) is 22.8. The maximum Gasteiger partial charge on any atom is 0.305 e. The lowest BCUT2D eigenvalue weighted by atomic mass is 10.0. The number of nitrogens with one attached hydrogen (secondary N) is 1. The van der Waals surface area contributed by atoms with Crippen LogP contribution in [-0.2, 0) is 14.3 Å². The molecule has 0 aliphatic rings. The van der Waals surface area contributed by atoms with Crippen molar-refractivity contribution in [2.24, 2.45) is 0 Å². The summed E-state index contributed by atoms with van der Waals surface area (Å²) in [5, 5.41) is 23.4. The van der Waals surface area contributed by atoms with E-state index in [1.54, 1.807) is 0 Å². The molecule has 0 saturated carbocycles. The molecule has 0 aliphatic carbocycles. The average molecular weight is 1000 g/mol. The van der Waals surface area contributed by atoms with E-state index in [9.17, 15) is 19.8 Å². The maximum absolute atomic E-state index is 12.5. The van der Waals surface area contributed by atoms with Crippen LogP contribution in [0.25, 0.3) is 0 Å². The van der Waals surface area contributed by atoms with Gasteiger partial charge < -0.3 is 20.3 Å². The first-order valence-electron chi connectivity index (χ1n) is 32.8. The zero-order valence-corrected chi connectivity index (χ0v) is 48.5. The Balaban J connectivity index is 3.36. The molecule has 0 aromatic carbocycles. The van der Waals surface area contributed by atoms with E-state index >= 15 is 0 Å². The Labute approximate surface area is 445 Å². The van der Waals surface area contributed by atoms with Crippen molar-refractivity contribution in [3.63, 3.8) is 0 Å². The highest BCUT2D eigenvalue weighted by Gasteiger charge is 2.20. The van der Waals surface area contributed by atoms with Gasteiger partial charge in [-0.05, 0) is 25.7 Å². The van der Waals surface area contributed by atoms with Crippen LogP contribution in [-0.4, -0.2) is 47.4 Å². The van der Waals surface area contributed by atoms with Gasteiger partial charge in [-0.25, -0.2) is 0 Å². The van der Waals surface area contributed by atoms with Gasteiger partial charge in [-0.2, -0.15) is 0 Å². The molecule has 6 heteroatoms. The van der Waals surface area contributed by atoms with E-state index in [2.05, 4.69) is 19.2 Å². The van der Waals surface area contributed by atoms with Gasteiger partial charge in [0.15, 0.2) is 0 Å². The molecule has 0 aromatic heterocycles. The number of aliphatic hydroxyl groups excluding tert-OH is 2. The lowest BCUT2D eigenvalue weighted by Gasteiger charge is -2.22. The van der Waals surface area contributed by atoms with Crippen LogP contribution in [0.2, 0.25) is 0 Å². The lowest BCUT2D eigenvalue weighted by Crippen LogP contribution is -2.45. The van der Waals surface area contributed by atoms with Gasteiger partial charge in [0.1, 0.15) is 0 Å². The van der Waals surface area contributed by atoms with E-state index in [0.717, 1.165) is 38.5 Å². The van der Waals surface area contributed by atoms with E-state index in [1.165, 1.54) is 308 Å². The molecule has 0 bridgehead atoms. The van der Waals surface area contributed by atoms with Gasteiger partial charge in [-0.15, -0.1) is 0 Å². The highest BCUT2D eigenvalue weighted by Crippen LogP contribution is 2.19. The predicted molar refractivity (Wildman–Crippen MR) is 310 cm³/mol. The van der Waals surface area contributed by atoms with Crippen molar-refractivity contribution in [2.75, 3.05) is 13.2 Å². The quantitative estimate of drug-likeness (QED) is 0.0417. The highest BCUT2D eigenvalue weighted by atomic mass is 16.5. The third-order valence-electron chi connectivity index (χ3n) is 15.7. The summed E-state index contributed by atoms with van der Waals surface area (Å²) >= 11 is 0. The van der Waals surface area contributed by atoms with Gasteiger partial charge >= 0.3 is 5.97 Å². The Bertz CT molecular complexity index is 1020. The molecule has 0 rings (SSSR count). The topological polar surface area (TPSA) is 95.9 Å². The third-order valence-corrected chi connectivity index (χ3v) is 15.7. The normalized spacial score (nSPS) is 12.5. The minimum absolute atomic E-state index is 0.0163. The van der Waals surface area contributed by atoms with Crippen LogP contribution >= 0.6 is 0 Å². The minimum Gasteiger partial charge on any atom is -0.466 e. The summed E-state index contributed by atoms with van der Waals surface area (Å²) in [5.41, 5.74) is 0. The fourth-order valence-electron chi connectivity index (χ4n) is 10.6. The fraction of sp³-hybridized carbons (Fsp3) is 0.969. The van der Waals surface area contributed by atoms with Gasteiger partial charge in [0.25, 0.3) is 0 Å². The van der Waals surface area contributed by atoms with Gasteiger partial charge in [-0.3, -0.25) is 9.59 Å². The Morgan fingerprint density at radius 2 is 0.577 bits per heavy atom. The van der Waals surface area contributed by atoms with Crippen LogP contribution in [0.3, 0.4) is 0 Å². The van der Waals surface area contributed by atoms with E-state index in [1.807, 2.05) is 0 Å². The summed E-state index contributed by atoms with van der Waals surface area (Å²) in [6, 6.07) is -0.540. The molecule has 2 atom stereocenters. The average Bonchev–Trinajstić information content (AvgIpc) is 3.37. The first-order valence-corrected chi connectivity index (χ1v) is 32.8. The number of amides is 1. The zero-order chi connectivity index (χ0) is 51.4. The summed E-state index contributed by atoms with van der Waals surface area (Å²) in [7, 11) is 0. The molecule has 0 radical (unpaired) electrons. The maximum atomic E-state index is 12.5. The third kappa shape index (κ3) is 58.0. The highest BCUT2D eigenvalue weighted by molar-refractivity contribution is 5.76. The number of hydrogen-bond acceptors (Lipinski definition) is 5. The molecule has 0 aliphatic heterocycles. The molecule has 3 N–H and O–H groups in total. The number of ether oxygens (including phenoxy) is 1. The standard InChI is InChI=1S/C65H129NO5/c1-3-5-7-9-11-13-15-16-17-18-25-28-31-34-38-41-45-49-53-57-63(68)62(61-67)66-64(69)58-54-50-46-42-39-35-32-29-26-23-21-19-20-22-24-27-30-33-36-40-44-48-52-56-60-71-65(70)59-55-51-47-43-37-14-12-10-8-6-4-2/h62-63,67-68H,3-61H2,1-2H3,(H,66,69). The summed E-state index contributed by atoms with van der Waals surface area (Å²) in [6.07, 6.45) is 72.7. The number of aliphatic hydroxyl groups is 2. The van der Waals surface area contributed by atoms with E-state index in [4.69, 9.17) is 4.74 Å². The molecule has 0 saturated heterocycles. The number of esters is 1. The Morgan fingerprint density at radius 3 is 0.859 bits per heavy atom. The van der Waals surface area contributed by atoms with Gasteiger partial charge in [0.05, 0.1) is 25.4 Å². The minimum atomic E-state index is -0.663. The summed E-state index contributed by atoms with van der Waals surface area (Å²) in [5.74, 6) is -0.0129. The number of hydrogen-bond donors (Lipinski definition) is 3. The second-order valence-corrected chi connectivity index (χ2v) is 22.8. The van der Waals surface area contributed by atoms with E-state index in [-0.39, 0.29) is 18.5 Å². The summed E-state index contributed by atoms with van der Waals surface area (Å²) in [4.78, 5) is 24.5. The van der Waals surface area contributed by atoms with E-state index < -0.39 is 12.1 Å². The van der Waals surface area contributed by atoms with Gasteiger partial charge in [0, 0.05) is 12.8 Å². The van der Waals surface area contributed by atoms with Crippen LogP contribution in [0, 0.1) is 0 Å². The van der Waals surface area contributed by atoms with Crippen LogP contribution < -0.4 is 5.32 Å². The van der Waals surface area contributed by atoms with Crippen LogP contribution in [0.4, 0.5) is 0 Å². The molecule has 0 fully saturated rings. The van der Waals surface area contributed by atoms with Crippen molar-refractivity contribution in [1.29, 1.82) is 0 Å². The predicted octanol–water partition coefficient (Wildman–Crippen LogP) is 20.6. The second kappa shape index (κ2) is 61.4. The summed E-state index contributed by atoms with van der Waals surface area (Å²) < 4.78 is 5.47. The fourth-order valence-corrected chi connectivity index (χ4v) is 10.6. The van der Waals surface area contributed by atoms with E-state index in [0.29, 0.717) is 25.9 Å². The Hall–Kier alpha value is -1.14. The molecule has 424 valence electrons. The molecular weight excluding hydrogens is 875 g/mol. The molecule has 0 spiro atoms. The monoisotopic (exact) mass is 1000 g/mol. The van der Waals surface area contributed by atoms with Crippen LogP contribution in [0.1, 0.15) is 380 Å². The Kier molecular flexibility index (Phi) is 60.4. The molecule has 0 heterocycles. The number of carbonyl (C=O) groups is 2.